The molecule has 1 aliphatic heterocycles. The summed E-state index contributed by atoms with van der Waals surface area (Å²) in [5.41, 5.74) is -4.61. The van der Waals surface area contributed by atoms with Crippen LogP contribution in [0.1, 0.15) is 26.2 Å². The number of hydrogen-bond donors (Lipinski definition) is 1. The number of fused-ring (bicyclic) bond motifs is 2. The Labute approximate surface area is 112 Å². The van der Waals surface area contributed by atoms with E-state index in [1.54, 1.807) is 7.05 Å². The lowest BCUT2D eigenvalue weighted by atomic mass is 9.83. The van der Waals surface area contributed by atoms with Crippen molar-refractivity contribution in [2.45, 2.75) is 56.2 Å². The Bertz CT molecular complexity index is 363. The lowest BCUT2D eigenvalue weighted by Gasteiger charge is -2.40. The fourth-order valence-electron chi connectivity index (χ4n) is 3.66. The van der Waals surface area contributed by atoms with E-state index in [1.165, 1.54) is 0 Å². The smallest absolute Gasteiger partial charge is 0.374 e. The van der Waals surface area contributed by atoms with E-state index in [4.69, 9.17) is 0 Å². The molecule has 20 heavy (non-hydrogen) atoms. The highest BCUT2D eigenvalue weighted by atomic mass is 19.4. The first-order chi connectivity index (χ1) is 8.88. The van der Waals surface area contributed by atoms with Gasteiger partial charge in [0.05, 0.1) is 0 Å². The van der Waals surface area contributed by atoms with E-state index in [2.05, 4.69) is 0 Å². The molecule has 2 aliphatic rings. The SMILES string of the molecule is CC1C2CC(CC(O)(C(F)(F)F)C(F)(F)F)C(C2)N1C. The van der Waals surface area contributed by atoms with Crippen molar-refractivity contribution in [3.8, 4) is 0 Å². The summed E-state index contributed by atoms with van der Waals surface area (Å²) in [4.78, 5) is 1.83. The molecule has 2 nitrogen and oxygen atoms in total. The number of aliphatic hydroxyl groups is 1. The minimum atomic E-state index is -5.71. The van der Waals surface area contributed by atoms with Crippen LogP contribution < -0.4 is 0 Å². The molecule has 1 saturated carbocycles. The van der Waals surface area contributed by atoms with E-state index in [0.717, 1.165) is 0 Å². The summed E-state index contributed by atoms with van der Waals surface area (Å²) in [6, 6.07) is -0.146. The highest BCUT2D eigenvalue weighted by Gasteiger charge is 2.71. The van der Waals surface area contributed by atoms with E-state index in [0.29, 0.717) is 12.8 Å². The van der Waals surface area contributed by atoms with Crippen LogP contribution in [0.5, 0.6) is 0 Å². The molecule has 1 heterocycles. The summed E-state index contributed by atoms with van der Waals surface area (Å²) in [6.45, 7) is 1.92. The standard InChI is InChI=1S/C12H17F6NO/c1-6-7-3-8(9(4-7)19(6)2)5-10(20,11(13,14)15)12(16,17)18/h6-9,20H,3-5H2,1-2H3. The molecule has 0 aromatic rings. The second-order valence-electron chi connectivity index (χ2n) is 6.02. The second-order valence-corrected chi connectivity index (χ2v) is 6.02. The molecule has 2 rings (SSSR count). The van der Waals surface area contributed by atoms with Gasteiger partial charge in [0.1, 0.15) is 0 Å². The molecule has 4 unspecified atom stereocenters. The van der Waals surface area contributed by atoms with Crippen LogP contribution in [0, 0.1) is 11.8 Å². The van der Waals surface area contributed by atoms with Gasteiger partial charge < -0.3 is 10.0 Å². The van der Waals surface area contributed by atoms with E-state index in [-0.39, 0.29) is 18.0 Å². The topological polar surface area (TPSA) is 23.5 Å². The number of alkyl halides is 6. The van der Waals surface area contributed by atoms with Gasteiger partial charge in [0, 0.05) is 12.1 Å². The maximum Gasteiger partial charge on any atom is 0.426 e. The van der Waals surface area contributed by atoms with E-state index in [1.807, 2.05) is 11.8 Å². The Morgan fingerprint density at radius 1 is 1.05 bits per heavy atom. The van der Waals surface area contributed by atoms with Gasteiger partial charge in [0.25, 0.3) is 5.60 Å². The Balaban J connectivity index is 2.20. The molecular formula is C12H17F6NO. The predicted molar refractivity (Wildman–Crippen MR) is 58.9 cm³/mol. The molecule has 0 spiro atoms. The Morgan fingerprint density at radius 3 is 1.90 bits per heavy atom. The zero-order chi connectivity index (χ0) is 15.5. The molecule has 2 fully saturated rings. The van der Waals surface area contributed by atoms with Crippen molar-refractivity contribution in [3.05, 3.63) is 0 Å². The van der Waals surface area contributed by atoms with E-state index < -0.39 is 30.3 Å². The fourth-order valence-corrected chi connectivity index (χ4v) is 3.66. The van der Waals surface area contributed by atoms with Gasteiger partial charge in [0.15, 0.2) is 0 Å². The highest BCUT2D eigenvalue weighted by molar-refractivity contribution is 5.05. The monoisotopic (exact) mass is 305 g/mol. The lowest BCUT2D eigenvalue weighted by molar-refractivity contribution is -0.373. The molecule has 1 N–H and O–H groups in total. The first-order valence-electron chi connectivity index (χ1n) is 6.46. The molecule has 2 bridgehead atoms. The second kappa shape index (κ2) is 4.50. The van der Waals surface area contributed by atoms with Gasteiger partial charge in [-0.05, 0) is 45.1 Å². The summed E-state index contributed by atoms with van der Waals surface area (Å²) in [5, 5.41) is 9.26. The summed E-state index contributed by atoms with van der Waals surface area (Å²) >= 11 is 0. The third-order valence-electron chi connectivity index (χ3n) is 5.04. The Morgan fingerprint density at radius 2 is 1.55 bits per heavy atom. The van der Waals surface area contributed by atoms with Crippen molar-refractivity contribution in [2.24, 2.45) is 11.8 Å². The van der Waals surface area contributed by atoms with E-state index in [9.17, 15) is 31.4 Å². The van der Waals surface area contributed by atoms with Crippen molar-refractivity contribution < 1.29 is 31.4 Å². The largest absolute Gasteiger partial charge is 0.426 e. The van der Waals surface area contributed by atoms with Crippen molar-refractivity contribution in [3.63, 3.8) is 0 Å². The molecule has 0 amide bonds. The Hall–Kier alpha value is -0.500. The first kappa shape index (κ1) is 15.9. The van der Waals surface area contributed by atoms with Gasteiger partial charge in [-0.15, -0.1) is 0 Å². The fraction of sp³-hybridized carbons (Fsp3) is 1.00. The molecule has 8 heteroatoms. The van der Waals surface area contributed by atoms with Crippen LogP contribution in [0.25, 0.3) is 0 Å². The molecule has 0 aromatic heterocycles. The summed E-state index contributed by atoms with van der Waals surface area (Å²) < 4.78 is 76.1. The number of nitrogens with zero attached hydrogens (tertiary/aromatic N) is 1. The molecular weight excluding hydrogens is 288 g/mol. The van der Waals surface area contributed by atoms with Gasteiger partial charge in [0.2, 0.25) is 0 Å². The quantitative estimate of drug-likeness (QED) is 0.793. The van der Waals surface area contributed by atoms with Crippen LogP contribution in [0.3, 0.4) is 0 Å². The van der Waals surface area contributed by atoms with Gasteiger partial charge in [-0.3, -0.25) is 0 Å². The van der Waals surface area contributed by atoms with Gasteiger partial charge >= 0.3 is 12.4 Å². The van der Waals surface area contributed by atoms with Crippen molar-refractivity contribution in [2.75, 3.05) is 7.05 Å². The number of likely N-dealkylation sites (tertiary alicyclic amines) is 1. The Kier molecular flexibility index (Phi) is 3.57. The third-order valence-corrected chi connectivity index (χ3v) is 5.04. The van der Waals surface area contributed by atoms with Crippen molar-refractivity contribution in [1.82, 2.24) is 4.90 Å². The van der Waals surface area contributed by atoms with Gasteiger partial charge in [-0.2, -0.15) is 26.3 Å². The van der Waals surface area contributed by atoms with Crippen LogP contribution in [-0.2, 0) is 0 Å². The van der Waals surface area contributed by atoms with E-state index >= 15 is 0 Å². The minimum Gasteiger partial charge on any atom is -0.374 e. The predicted octanol–water partition coefficient (Wildman–Crippen LogP) is 2.96. The maximum absolute atomic E-state index is 12.7. The minimum absolute atomic E-state index is 0.112. The van der Waals surface area contributed by atoms with Gasteiger partial charge in [-0.25, -0.2) is 0 Å². The normalized spacial score (nSPS) is 35.9. The van der Waals surface area contributed by atoms with Crippen LogP contribution >= 0.6 is 0 Å². The number of piperidine rings is 1. The summed E-state index contributed by atoms with van der Waals surface area (Å²) in [6.07, 6.45) is -11.8. The van der Waals surface area contributed by atoms with Crippen LogP contribution in [0.4, 0.5) is 26.3 Å². The third kappa shape index (κ3) is 2.20. The van der Waals surface area contributed by atoms with Crippen molar-refractivity contribution >= 4 is 0 Å². The highest BCUT2D eigenvalue weighted by Crippen LogP contribution is 2.53. The molecule has 0 radical (unpaired) electrons. The maximum atomic E-state index is 12.7. The number of hydrogen-bond acceptors (Lipinski definition) is 2. The zero-order valence-corrected chi connectivity index (χ0v) is 11.1. The average Bonchev–Trinajstić information content (AvgIpc) is 2.77. The van der Waals surface area contributed by atoms with Crippen LogP contribution in [-0.4, -0.2) is 47.1 Å². The summed E-state index contributed by atoms with van der Waals surface area (Å²) in [5.74, 6) is -0.671. The van der Waals surface area contributed by atoms with Crippen molar-refractivity contribution in [1.29, 1.82) is 0 Å². The van der Waals surface area contributed by atoms with Crippen LogP contribution in [0.2, 0.25) is 0 Å². The summed E-state index contributed by atoms with van der Waals surface area (Å²) in [7, 11) is 1.71. The molecule has 0 aromatic carbocycles. The molecule has 1 aliphatic carbocycles. The number of rotatable bonds is 2. The zero-order valence-electron chi connectivity index (χ0n) is 11.1. The lowest BCUT2D eigenvalue weighted by Crippen LogP contribution is -2.59. The average molecular weight is 305 g/mol. The number of halogens is 6. The molecule has 1 saturated heterocycles. The van der Waals surface area contributed by atoms with Crippen LogP contribution in [0.15, 0.2) is 0 Å². The molecule has 4 atom stereocenters. The first-order valence-corrected chi connectivity index (χ1v) is 6.46. The molecule has 118 valence electrons. The van der Waals surface area contributed by atoms with Gasteiger partial charge in [-0.1, -0.05) is 0 Å².